The number of thiazole rings is 1. The van der Waals surface area contributed by atoms with Crippen LogP contribution in [0.2, 0.25) is 0 Å². The zero-order valence-electron chi connectivity index (χ0n) is 13.7. The second-order valence-electron chi connectivity index (χ2n) is 5.52. The molecule has 0 unspecified atom stereocenters. The van der Waals surface area contributed by atoms with E-state index in [1.807, 2.05) is 23.6 Å². The van der Waals surface area contributed by atoms with Crippen LogP contribution in [0.15, 0.2) is 51.5 Å². The van der Waals surface area contributed by atoms with E-state index in [9.17, 15) is 0 Å². The van der Waals surface area contributed by atoms with Crippen molar-refractivity contribution in [1.82, 2.24) is 25.2 Å². The molecule has 3 heterocycles. The van der Waals surface area contributed by atoms with Gasteiger partial charge in [-0.25, -0.2) is 4.98 Å². The minimum Gasteiger partial charge on any atom is -0.462 e. The molecule has 0 bridgehead atoms. The van der Waals surface area contributed by atoms with Crippen LogP contribution >= 0.6 is 23.1 Å². The third kappa shape index (κ3) is 3.22. The highest BCUT2D eigenvalue weighted by Crippen LogP contribution is 2.29. The van der Waals surface area contributed by atoms with E-state index < -0.39 is 0 Å². The molecule has 4 aromatic rings. The van der Waals surface area contributed by atoms with Crippen molar-refractivity contribution >= 4 is 23.1 Å². The van der Waals surface area contributed by atoms with Crippen molar-refractivity contribution in [2.45, 2.75) is 24.8 Å². The Morgan fingerprint density at radius 1 is 1.16 bits per heavy atom. The molecule has 0 aliphatic heterocycles. The summed E-state index contributed by atoms with van der Waals surface area (Å²) in [5.74, 6) is 1.49. The van der Waals surface area contributed by atoms with Crippen LogP contribution in [0.5, 0.6) is 0 Å². The molecule has 0 radical (unpaired) electrons. The van der Waals surface area contributed by atoms with Crippen molar-refractivity contribution in [1.29, 1.82) is 0 Å². The molecule has 0 aliphatic carbocycles. The minimum atomic E-state index is 0.697. The van der Waals surface area contributed by atoms with Crippen LogP contribution < -0.4 is 0 Å². The minimum absolute atomic E-state index is 0.697. The molecule has 0 N–H and O–H groups in total. The third-order valence-electron chi connectivity index (χ3n) is 3.73. The molecule has 0 spiro atoms. The first-order chi connectivity index (χ1) is 12.2. The van der Waals surface area contributed by atoms with Gasteiger partial charge in [0.1, 0.15) is 0 Å². The molecular weight excluding hydrogens is 354 g/mol. The lowest BCUT2D eigenvalue weighted by Gasteiger charge is -2.10. The van der Waals surface area contributed by atoms with E-state index in [-0.39, 0.29) is 0 Å². The van der Waals surface area contributed by atoms with E-state index in [0.717, 1.165) is 38.4 Å². The summed E-state index contributed by atoms with van der Waals surface area (Å²) >= 11 is 3.14. The number of para-hydroxylation sites is 1. The molecule has 0 fully saturated rings. The summed E-state index contributed by atoms with van der Waals surface area (Å²) in [5, 5.41) is 15.9. The maximum Gasteiger partial charge on any atom is 0.214 e. The van der Waals surface area contributed by atoms with Gasteiger partial charge < -0.3 is 4.42 Å². The van der Waals surface area contributed by atoms with Crippen LogP contribution in [0, 0.1) is 13.8 Å². The molecule has 0 amide bonds. The Balaban J connectivity index is 1.54. The second-order valence-corrected chi connectivity index (χ2v) is 7.32. The lowest BCUT2D eigenvalue weighted by atomic mass is 10.1. The summed E-state index contributed by atoms with van der Waals surface area (Å²) < 4.78 is 7.19. The van der Waals surface area contributed by atoms with Crippen LogP contribution in [0.25, 0.3) is 16.5 Å². The summed E-state index contributed by atoms with van der Waals surface area (Å²) in [6.45, 7) is 4.13. The Kier molecular flexibility index (Phi) is 4.37. The van der Waals surface area contributed by atoms with Crippen LogP contribution in [0.4, 0.5) is 0 Å². The highest BCUT2D eigenvalue weighted by Gasteiger charge is 2.14. The van der Waals surface area contributed by atoms with E-state index in [1.54, 1.807) is 34.0 Å². The Bertz CT molecular complexity index is 970. The number of hydrogen-bond acceptors (Lipinski definition) is 7. The smallest absolute Gasteiger partial charge is 0.214 e. The third-order valence-corrected chi connectivity index (χ3v) is 5.58. The van der Waals surface area contributed by atoms with Gasteiger partial charge in [-0.1, -0.05) is 30.0 Å². The number of benzene rings is 1. The first-order valence-electron chi connectivity index (χ1n) is 7.68. The van der Waals surface area contributed by atoms with Gasteiger partial charge in [0.15, 0.2) is 10.8 Å². The van der Waals surface area contributed by atoms with Crippen LogP contribution in [0.1, 0.15) is 16.8 Å². The van der Waals surface area contributed by atoms with E-state index in [0.29, 0.717) is 5.75 Å². The second kappa shape index (κ2) is 6.81. The lowest BCUT2D eigenvalue weighted by molar-refractivity contribution is 0.581. The topological polar surface area (TPSA) is 69.6 Å². The predicted molar refractivity (Wildman–Crippen MR) is 98.0 cm³/mol. The lowest BCUT2D eigenvalue weighted by Crippen LogP contribution is -2.04. The summed E-state index contributed by atoms with van der Waals surface area (Å²) in [5.41, 5.74) is 4.30. The molecule has 8 heteroatoms. The number of nitrogens with zero attached hydrogens (tertiary/aromatic N) is 5. The Morgan fingerprint density at radius 2 is 2.00 bits per heavy atom. The van der Waals surface area contributed by atoms with E-state index >= 15 is 0 Å². The number of aryl methyl sites for hydroxylation is 2. The maximum atomic E-state index is 5.39. The van der Waals surface area contributed by atoms with Gasteiger partial charge in [0.2, 0.25) is 5.16 Å². The molecule has 0 saturated carbocycles. The Labute approximate surface area is 152 Å². The molecule has 6 nitrogen and oxygen atoms in total. The van der Waals surface area contributed by atoms with Gasteiger partial charge >= 0.3 is 0 Å². The number of rotatable bonds is 5. The van der Waals surface area contributed by atoms with Gasteiger partial charge in [0, 0.05) is 11.1 Å². The van der Waals surface area contributed by atoms with Crippen molar-refractivity contribution in [3.05, 3.63) is 58.8 Å². The van der Waals surface area contributed by atoms with Gasteiger partial charge in [-0.3, -0.25) is 0 Å². The number of tetrazole rings is 1. The molecule has 1 aromatic carbocycles. The Morgan fingerprint density at radius 3 is 2.76 bits per heavy atom. The molecular formula is C17H15N5OS2. The van der Waals surface area contributed by atoms with Crippen molar-refractivity contribution in [3.8, 4) is 16.5 Å². The fraction of sp³-hybridized carbons (Fsp3) is 0.176. The molecule has 0 saturated heterocycles. The van der Waals surface area contributed by atoms with Crippen molar-refractivity contribution in [3.63, 3.8) is 0 Å². The Hall–Kier alpha value is -2.45. The molecule has 25 heavy (non-hydrogen) atoms. The molecule has 0 atom stereocenters. The van der Waals surface area contributed by atoms with E-state index in [1.165, 1.54) is 0 Å². The van der Waals surface area contributed by atoms with Crippen LogP contribution in [0.3, 0.4) is 0 Å². The van der Waals surface area contributed by atoms with Gasteiger partial charge in [0.25, 0.3) is 0 Å². The molecule has 126 valence electrons. The van der Waals surface area contributed by atoms with Crippen LogP contribution in [-0.2, 0) is 5.75 Å². The standard InChI is InChI=1S/C17H15N5OS2/c1-11-5-3-6-12(2)15(11)22-17(19-20-21-22)25-10-13-9-24-16(18-13)14-7-4-8-23-14/h3-9H,10H2,1-2H3. The number of aromatic nitrogens is 5. The first-order valence-corrected chi connectivity index (χ1v) is 9.55. The summed E-state index contributed by atoms with van der Waals surface area (Å²) in [6, 6.07) is 9.95. The fourth-order valence-corrected chi connectivity index (χ4v) is 4.23. The number of thioether (sulfide) groups is 1. The monoisotopic (exact) mass is 369 g/mol. The zero-order chi connectivity index (χ0) is 17.2. The first kappa shape index (κ1) is 16.0. The van der Waals surface area contributed by atoms with E-state index in [2.05, 4.69) is 46.5 Å². The van der Waals surface area contributed by atoms with Crippen LogP contribution in [-0.4, -0.2) is 25.2 Å². The average molecular weight is 369 g/mol. The zero-order valence-corrected chi connectivity index (χ0v) is 15.3. The van der Waals surface area contributed by atoms with Gasteiger partial charge in [-0.05, 0) is 47.5 Å². The normalized spacial score (nSPS) is 11.1. The number of furan rings is 1. The fourth-order valence-electron chi connectivity index (χ4n) is 2.57. The van der Waals surface area contributed by atoms with Crippen molar-refractivity contribution < 1.29 is 4.42 Å². The molecule has 0 aliphatic rings. The van der Waals surface area contributed by atoms with Crippen molar-refractivity contribution in [2.24, 2.45) is 0 Å². The van der Waals surface area contributed by atoms with Gasteiger partial charge in [-0.2, -0.15) is 4.68 Å². The van der Waals surface area contributed by atoms with Gasteiger partial charge in [-0.15, -0.1) is 16.4 Å². The largest absolute Gasteiger partial charge is 0.462 e. The highest BCUT2D eigenvalue weighted by molar-refractivity contribution is 7.98. The van der Waals surface area contributed by atoms with Crippen molar-refractivity contribution in [2.75, 3.05) is 0 Å². The van der Waals surface area contributed by atoms with Gasteiger partial charge in [0.05, 0.1) is 17.6 Å². The quantitative estimate of drug-likeness (QED) is 0.489. The summed E-state index contributed by atoms with van der Waals surface area (Å²) in [4.78, 5) is 4.62. The predicted octanol–water partition coefficient (Wildman–Crippen LogP) is 4.29. The summed E-state index contributed by atoms with van der Waals surface area (Å²) in [6.07, 6.45) is 1.66. The van der Waals surface area contributed by atoms with E-state index in [4.69, 9.17) is 4.42 Å². The average Bonchev–Trinajstić information content (AvgIpc) is 3.34. The SMILES string of the molecule is Cc1cccc(C)c1-n1nnnc1SCc1csc(-c2ccco2)n1. The number of hydrogen-bond donors (Lipinski definition) is 0. The highest BCUT2D eigenvalue weighted by atomic mass is 32.2. The summed E-state index contributed by atoms with van der Waals surface area (Å²) in [7, 11) is 0. The molecule has 4 rings (SSSR count). The molecule has 3 aromatic heterocycles. The maximum absolute atomic E-state index is 5.39.